The van der Waals surface area contributed by atoms with Crippen molar-refractivity contribution < 1.29 is 4.74 Å². The van der Waals surface area contributed by atoms with Crippen molar-refractivity contribution in [1.29, 1.82) is 0 Å². The summed E-state index contributed by atoms with van der Waals surface area (Å²) >= 11 is 0. The topological polar surface area (TPSA) is 35.0 Å². The molecule has 1 aromatic heterocycles. The first kappa shape index (κ1) is 13.5. The van der Waals surface area contributed by atoms with Crippen LogP contribution in [0.5, 0.6) is 5.75 Å². The molecule has 0 N–H and O–H groups in total. The van der Waals surface area contributed by atoms with Gasteiger partial charge in [-0.1, -0.05) is 26.0 Å². The molecule has 19 heavy (non-hydrogen) atoms. The van der Waals surface area contributed by atoms with Crippen LogP contribution in [0.15, 0.2) is 36.7 Å². The molecule has 0 saturated carbocycles. The smallest absolute Gasteiger partial charge is 0.125 e. The highest BCUT2D eigenvalue weighted by molar-refractivity contribution is 5.28. The van der Waals surface area contributed by atoms with Gasteiger partial charge >= 0.3 is 0 Å². The molecule has 0 fully saturated rings. The van der Waals surface area contributed by atoms with Gasteiger partial charge in [-0.05, 0) is 36.1 Å². The van der Waals surface area contributed by atoms with Crippen molar-refractivity contribution in [2.75, 3.05) is 6.61 Å². The summed E-state index contributed by atoms with van der Waals surface area (Å²) < 4.78 is 5.72. The molecule has 3 nitrogen and oxygen atoms in total. The number of benzene rings is 1. The minimum absolute atomic E-state index is 0.554. The zero-order valence-electron chi connectivity index (χ0n) is 11.8. The number of aromatic nitrogens is 2. The molecule has 0 bridgehead atoms. The summed E-state index contributed by atoms with van der Waals surface area (Å²) in [6.07, 6.45) is 4.54. The van der Waals surface area contributed by atoms with E-state index in [0.717, 1.165) is 23.6 Å². The number of hydrogen-bond donors (Lipinski definition) is 0. The molecule has 0 saturated heterocycles. The SMILES string of the molecule is Cc1ncc(CCOc2ccc(C(C)C)cc2)cn1. The maximum Gasteiger partial charge on any atom is 0.125 e. The Bertz CT molecular complexity index is 503. The lowest BCUT2D eigenvalue weighted by Gasteiger charge is -2.08. The number of hydrogen-bond acceptors (Lipinski definition) is 3. The van der Waals surface area contributed by atoms with E-state index in [2.05, 4.69) is 35.9 Å². The highest BCUT2D eigenvalue weighted by atomic mass is 16.5. The Hall–Kier alpha value is -1.90. The summed E-state index contributed by atoms with van der Waals surface area (Å²) in [5.41, 5.74) is 2.43. The van der Waals surface area contributed by atoms with E-state index in [0.29, 0.717) is 12.5 Å². The van der Waals surface area contributed by atoms with Gasteiger partial charge in [-0.25, -0.2) is 9.97 Å². The van der Waals surface area contributed by atoms with Crippen LogP contribution in [0.2, 0.25) is 0 Å². The molecule has 0 aliphatic carbocycles. The van der Waals surface area contributed by atoms with Crippen molar-refractivity contribution in [2.45, 2.75) is 33.1 Å². The molecule has 1 heterocycles. The molecular formula is C16H20N2O. The minimum atomic E-state index is 0.554. The van der Waals surface area contributed by atoms with Gasteiger partial charge in [-0.2, -0.15) is 0 Å². The van der Waals surface area contributed by atoms with Crippen LogP contribution in [-0.2, 0) is 6.42 Å². The molecule has 0 atom stereocenters. The third-order valence-electron chi connectivity index (χ3n) is 3.04. The molecule has 3 heteroatoms. The van der Waals surface area contributed by atoms with Crippen LogP contribution in [-0.4, -0.2) is 16.6 Å². The van der Waals surface area contributed by atoms with Crippen LogP contribution in [0.3, 0.4) is 0 Å². The summed E-state index contributed by atoms with van der Waals surface area (Å²) in [5, 5.41) is 0. The maximum atomic E-state index is 5.72. The van der Waals surface area contributed by atoms with Crippen LogP contribution < -0.4 is 4.74 Å². The van der Waals surface area contributed by atoms with Crippen molar-refractivity contribution in [3.63, 3.8) is 0 Å². The van der Waals surface area contributed by atoms with E-state index in [1.165, 1.54) is 5.56 Å². The summed E-state index contributed by atoms with van der Waals surface area (Å²) in [6, 6.07) is 8.30. The van der Waals surface area contributed by atoms with E-state index in [4.69, 9.17) is 4.74 Å². The van der Waals surface area contributed by atoms with Crippen molar-refractivity contribution in [1.82, 2.24) is 9.97 Å². The molecule has 0 radical (unpaired) electrons. The fourth-order valence-electron chi connectivity index (χ4n) is 1.78. The second-order valence-electron chi connectivity index (χ2n) is 4.96. The zero-order chi connectivity index (χ0) is 13.7. The number of rotatable bonds is 5. The van der Waals surface area contributed by atoms with Crippen LogP contribution in [0.4, 0.5) is 0 Å². The van der Waals surface area contributed by atoms with Gasteiger partial charge in [0.15, 0.2) is 0 Å². The molecular weight excluding hydrogens is 236 g/mol. The van der Waals surface area contributed by atoms with Gasteiger partial charge in [-0.3, -0.25) is 0 Å². The first-order valence-electron chi connectivity index (χ1n) is 6.65. The fourth-order valence-corrected chi connectivity index (χ4v) is 1.78. The highest BCUT2D eigenvalue weighted by Gasteiger charge is 2.00. The number of aryl methyl sites for hydroxylation is 1. The average molecular weight is 256 g/mol. The molecule has 0 aliphatic heterocycles. The van der Waals surface area contributed by atoms with Gasteiger partial charge < -0.3 is 4.74 Å². The largest absolute Gasteiger partial charge is 0.493 e. The lowest BCUT2D eigenvalue weighted by Crippen LogP contribution is -2.02. The lowest BCUT2D eigenvalue weighted by molar-refractivity contribution is 0.321. The predicted molar refractivity (Wildman–Crippen MR) is 76.5 cm³/mol. The Morgan fingerprint density at radius 1 is 1.05 bits per heavy atom. The van der Waals surface area contributed by atoms with E-state index >= 15 is 0 Å². The van der Waals surface area contributed by atoms with Gasteiger partial charge in [0.05, 0.1) is 6.61 Å². The van der Waals surface area contributed by atoms with E-state index in [1.807, 2.05) is 31.5 Å². The molecule has 0 spiro atoms. The second kappa shape index (κ2) is 6.32. The summed E-state index contributed by atoms with van der Waals surface area (Å²) in [4.78, 5) is 8.34. The first-order chi connectivity index (χ1) is 9.15. The van der Waals surface area contributed by atoms with E-state index < -0.39 is 0 Å². The molecule has 0 amide bonds. The first-order valence-corrected chi connectivity index (χ1v) is 6.65. The molecule has 100 valence electrons. The van der Waals surface area contributed by atoms with Gasteiger partial charge in [-0.15, -0.1) is 0 Å². The van der Waals surface area contributed by atoms with Crippen LogP contribution in [0.1, 0.15) is 36.7 Å². The normalized spacial score (nSPS) is 10.7. The average Bonchev–Trinajstić information content (AvgIpc) is 2.41. The summed E-state index contributed by atoms with van der Waals surface area (Å²) in [7, 11) is 0. The van der Waals surface area contributed by atoms with Crippen LogP contribution >= 0.6 is 0 Å². The standard InChI is InChI=1S/C16H20N2O/c1-12(2)15-4-6-16(7-5-15)19-9-8-14-10-17-13(3)18-11-14/h4-7,10-12H,8-9H2,1-3H3. The van der Waals surface area contributed by atoms with E-state index in [9.17, 15) is 0 Å². The molecule has 1 aromatic carbocycles. The quantitative estimate of drug-likeness (QED) is 0.821. The lowest BCUT2D eigenvalue weighted by atomic mass is 10.0. The third-order valence-corrected chi connectivity index (χ3v) is 3.04. The highest BCUT2D eigenvalue weighted by Crippen LogP contribution is 2.18. The minimum Gasteiger partial charge on any atom is -0.493 e. The molecule has 0 aliphatic rings. The monoisotopic (exact) mass is 256 g/mol. The van der Waals surface area contributed by atoms with Crippen molar-refractivity contribution in [2.24, 2.45) is 0 Å². The second-order valence-corrected chi connectivity index (χ2v) is 4.96. The molecule has 2 rings (SSSR count). The third kappa shape index (κ3) is 4.05. The Labute approximate surface area is 114 Å². The number of nitrogens with zero attached hydrogens (tertiary/aromatic N) is 2. The van der Waals surface area contributed by atoms with Gasteiger partial charge in [0, 0.05) is 18.8 Å². The van der Waals surface area contributed by atoms with Crippen LogP contribution in [0, 0.1) is 6.92 Å². The van der Waals surface area contributed by atoms with Crippen molar-refractivity contribution in [3.8, 4) is 5.75 Å². The Kier molecular flexibility index (Phi) is 4.50. The van der Waals surface area contributed by atoms with Gasteiger partial charge in [0.1, 0.15) is 11.6 Å². The van der Waals surface area contributed by atoms with Gasteiger partial charge in [0.25, 0.3) is 0 Å². The Morgan fingerprint density at radius 2 is 1.68 bits per heavy atom. The number of ether oxygens (including phenoxy) is 1. The maximum absolute atomic E-state index is 5.72. The van der Waals surface area contributed by atoms with Crippen molar-refractivity contribution in [3.05, 3.63) is 53.6 Å². The Morgan fingerprint density at radius 3 is 2.26 bits per heavy atom. The molecule has 0 unspecified atom stereocenters. The van der Waals surface area contributed by atoms with E-state index in [1.54, 1.807) is 0 Å². The molecule has 2 aromatic rings. The van der Waals surface area contributed by atoms with Crippen LogP contribution in [0.25, 0.3) is 0 Å². The zero-order valence-corrected chi connectivity index (χ0v) is 11.8. The predicted octanol–water partition coefficient (Wildman–Crippen LogP) is 3.53. The van der Waals surface area contributed by atoms with Gasteiger partial charge in [0.2, 0.25) is 0 Å². The fraction of sp³-hybridized carbons (Fsp3) is 0.375. The summed E-state index contributed by atoms with van der Waals surface area (Å²) in [6.45, 7) is 6.91. The summed E-state index contributed by atoms with van der Waals surface area (Å²) in [5.74, 6) is 2.27. The van der Waals surface area contributed by atoms with E-state index in [-0.39, 0.29) is 0 Å². The van der Waals surface area contributed by atoms with Crippen molar-refractivity contribution >= 4 is 0 Å². The Balaban J connectivity index is 1.83.